The SMILES string of the molecule is O=S(=O)(NCc1ccccc1)c1ccccc1S(=O)(=O)NCc1ccccc1. The first-order chi connectivity index (χ1) is 13.4. The van der Waals surface area contributed by atoms with Crippen LogP contribution in [-0.4, -0.2) is 16.8 Å². The topological polar surface area (TPSA) is 92.3 Å². The monoisotopic (exact) mass is 416 g/mol. The van der Waals surface area contributed by atoms with Crippen molar-refractivity contribution >= 4 is 20.0 Å². The van der Waals surface area contributed by atoms with E-state index in [4.69, 9.17) is 0 Å². The molecular weight excluding hydrogens is 396 g/mol. The summed E-state index contributed by atoms with van der Waals surface area (Å²) < 4.78 is 55.9. The Labute approximate surface area is 165 Å². The minimum atomic E-state index is -4.02. The summed E-state index contributed by atoms with van der Waals surface area (Å²) in [5, 5.41) is 0. The van der Waals surface area contributed by atoms with Crippen LogP contribution in [0.25, 0.3) is 0 Å². The molecule has 0 saturated heterocycles. The molecule has 6 nitrogen and oxygen atoms in total. The van der Waals surface area contributed by atoms with E-state index in [9.17, 15) is 16.8 Å². The highest BCUT2D eigenvalue weighted by Gasteiger charge is 2.25. The van der Waals surface area contributed by atoms with Gasteiger partial charge in [-0.1, -0.05) is 72.8 Å². The molecule has 3 aromatic rings. The van der Waals surface area contributed by atoms with Crippen LogP contribution in [0.4, 0.5) is 0 Å². The van der Waals surface area contributed by atoms with E-state index in [2.05, 4.69) is 9.44 Å². The Morgan fingerprint density at radius 1 is 0.500 bits per heavy atom. The molecule has 0 radical (unpaired) electrons. The highest BCUT2D eigenvalue weighted by molar-refractivity contribution is 7.92. The first-order valence-electron chi connectivity index (χ1n) is 8.55. The zero-order valence-corrected chi connectivity index (χ0v) is 16.6. The van der Waals surface area contributed by atoms with Crippen molar-refractivity contribution in [3.05, 3.63) is 96.1 Å². The van der Waals surface area contributed by atoms with Gasteiger partial charge in [-0.05, 0) is 23.3 Å². The summed E-state index contributed by atoms with van der Waals surface area (Å²) >= 11 is 0. The summed E-state index contributed by atoms with van der Waals surface area (Å²) in [7, 11) is -8.05. The van der Waals surface area contributed by atoms with Crippen LogP contribution in [0.1, 0.15) is 11.1 Å². The van der Waals surface area contributed by atoms with Gasteiger partial charge in [0.2, 0.25) is 20.0 Å². The van der Waals surface area contributed by atoms with Gasteiger partial charge in [0.25, 0.3) is 0 Å². The maximum Gasteiger partial charge on any atom is 0.242 e. The Morgan fingerprint density at radius 3 is 1.18 bits per heavy atom. The third-order valence-electron chi connectivity index (χ3n) is 4.05. The fourth-order valence-corrected chi connectivity index (χ4v) is 5.46. The second kappa shape index (κ2) is 8.66. The van der Waals surface area contributed by atoms with E-state index in [1.54, 1.807) is 48.5 Å². The lowest BCUT2D eigenvalue weighted by molar-refractivity contribution is 0.567. The highest BCUT2D eigenvalue weighted by atomic mass is 32.2. The van der Waals surface area contributed by atoms with Crippen LogP contribution in [0.5, 0.6) is 0 Å². The normalized spacial score (nSPS) is 12.0. The molecule has 3 rings (SSSR count). The second-order valence-electron chi connectivity index (χ2n) is 6.07. The summed E-state index contributed by atoms with van der Waals surface area (Å²) in [5.74, 6) is 0. The standard InChI is InChI=1S/C20H20N2O4S2/c23-27(24,21-15-17-9-3-1-4-10-17)19-13-7-8-14-20(19)28(25,26)22-16-18-11-5-2-6-12-18/h1-14,21-22H,15-16H2. The van der Waals surface area contributed by atoms with Crippen LogP contribution < -0.4 is 9.44 Å². The quantitative estimate of drug-likeness (QED) is 0.590. The fraction of sp³-hybridized carbons (Fsp3) is 0.100. The van der Waals surface area contributed by atoms with Crippen molar-refractivity contribution in [2.45, 2.75) is 22.9 Å². The van der Waals surface area contributed by atoms with Gasteiger partial charge in [0, 0.05) is 13.1 Å². The van der Waals surface area contributed by atoms with Crippen molar-refractivity contribution in [1.82, 2.24) is 9.44 Å². The molecule has 2 N–H and O–H groups in total. The Balaban J connectivity index is 1.83. The van der Waals surface area contributed by atoms with Gasteiger partial charge in [-0.2, -0.15) is 0 Å². The Morgan fingerprint density at radius 2 is 0.821 bits per heavy atom. The van der Waals surface area contributed by atoms with Crippen LogP contribution in [0.15, 0.2) is 94.7 Å². The van der Waals surface area contributed by atoms with E-state index in [-0.39, 0.29) is 22.9 Å². The summed E-state index contributed by atoms with van der Waals surface area (Å²) in [6, 6.07) is 23.6. The molecule has 0 bridgehead atoms. The molecule has 0 aromatic heterocycles. The maximum absolute atomic E-state index is 12.7. The van der Waals surface area contributed by atoms with E-state index in [0.717, 1.165) is 11.1 Å². The van der Waals surface area contributed by atoms with Crippen LogP contribution in [0.2, 0.25) is 0 Å². The minimum Gasteiger partial charge on any atom is -0.207 e. The number of hydrogen-bond acceptors (Lipinski definition) is 4. The molecule has 0 saturated carbocycles. The van der Waals surface area contributed by atoms with Gasteiger partial charge >= 0.3 is 0 Å². The van der Waals surface area contributed by atoms with E-state index >= 15 is 0 Å². The third kappa shape index (κ3) is 5.05. The molecule has 0 heterocycles. The first-order valence-corrected chi connectivity index (χ1v) is 11.5. The molecule has 0 unspecified atom stereocenters. The van der Waals surface area contributed by atoms with Crippen molar-refractivity contribution in [3.63, 3.8) is 0 Å². The predicted octanol–water partition coefficient (Wildman–Crippen LogP) is 2.64. The van der Waals surface area contributed by atoms with Crippen molar-refractivity contribution in [2.24, 2.45) is 0 Å². The minimum absolute atomic E-state index is 0.0645. The van der Waals surface area contributed by atoms with Gasteiger partial charge in [-0.15, -0.1) is 0 Å². The lowest BCUT2D eigenvalue weighted by Gasteiger charge is -2.13. The van der Waals surface area contributed by atoms with Gasteiger partial charge in [0.05, 0.1) is 0 Å². The highest BCUT2D eigenvalue weighted by Crippen LogP contribution is 2.21. The predicted molar refractivity (Wildman–Crippen MR) is 107 cm³/mol. The zero-order chi connectivity index (χ0) is 20.0. The molecule has 8 heteroatoms. The zero-order valence-electron chi connectivity index (χ0n) is 14.9. The molecule has 146 valence electrons. The van der Waals surface area contributed by atoms with E-state index in [0.29, 0.717) is 0 Å². The number of nitrogens with one attached hydrogen (secondary N) is 2. The molecule has 0 aliphatic heterocycles. The fourth-order valence-electron chi connectivity index (χ4n) is 2.60. The van der Waals surface area contributed by atoms with Gasteiger partial charge in [-0.3, -0.25) is 0 Å². The lowest BCUT2D eigenvalue weighted by Crippen LogP contribution is -2.29. The van der Waals surface area contributed by atoms with Crippen LogP contribution in [0.3, 0.4) is 0 Å². The number of hydrogen-bond donors (Lipinski definition) is 2. The molecule has 0 spiro atoms. The van der Waals surface area contributed by atoms with E-state index in [1.165, 1.54) is 24.3 Å². The summed E-state index contributed by atoms with van der Waals surface area (Å²) in [4.78, 5) is -0.571. The molecular formula is C20H20N2O4S2. The van der Waals surface area contributed by atoms with Crippen LogP contribution in [0, 0.1) is 0 Å². The Bertz CT molecular complexity index is 1040. The molecule has 0 amide bonds. The number of benzene rings is 3. The summed E-state index contributed by atoms with van der Waals surface area (Å²) in [5.41, 5.74) is 1.54. The van der Waals surface area contributed by atoms with Crippen LogP contribution in [-0.2, 0) is 33.1 Å². The van der Waals surface area contributed by atoms with Crippen molar-refractivity contribution < 1.29 is 16.8 Å². The molecule has 0 atom stereocenters. The van der Waals surface area contributed by atoms with Crippen molar-refractivity contribution in [3.8, 4) is 0 Å². The first kappa shape index (κ1) is 20.2. The smallest absolute Gasteiger partial charge is 0.207 e. The van der Waals surface area contributed by atoms with E-state index < -0.39 is 20.0 Å². The van der Waals surface area contributed by atoms with E-state index in [1.807, 2.05) is 12.1 Å². The molecule has 28 heavy (non-hydrogen) atoms. The van der Waals surface area contributed by atoms with Crippen molar-refractivity contribution in [2.75, 3.05) is 0 Å². The summed E-state index contributed by atoms with van der Waals surface area (Å²) in [6.07, 6.45) is 0. The maximum atomic E-state index is 12.7. The Kier molecular flexibility index (Phi) is 6.25. The van der Waals surface area contributed by atoms with Gasteiger partial charge < -0.3 is 0 Å². The average molecular weight is 417 g/mol. The Hall–Kier alpha value is -2.52. The van der Waals surface area contributed by atoms with Gasteiger partial charge in [0.1, 0.15) is 9.79 Å². The average Bonchev–Trinajstić information content (AvgIpc) is 2.72. The summed E-state index contributed by atoms with van der Waals surface area (Å²) in [6.45, 7) is 0.129. The lowest BCUT2D eigenvalue weighted by atomic mass is 10.2. The van der Waals surface area contributed by atoms with Gasteiger partial charge in [-0.25, -0.2) is 26.3 Å². The third-order valence-corrected chi connectivity index (χ3v) is 7.09. The molecule has 0 aliphatic rings. The second-order valence-corrected chi connectivity index (χ2v) is 9.54. The van der Waals surface area contributed by atoms with Crippen LogP contribution >= 0.6 is 0 Å². The largest absolute Gasteiger partial charge is 0.242 e. The number of rotatable bonds is 8. The van der Waals surface area contributed by atoms with Gasteiger partial charge in [0.15, 0.2) is 0 Å². The molecule has 0 aliphatic carbocycles. The molecule has 3 aromatic carbocycles. The van der Waals surface area contributed by atoms with Crippen molar-refractivity contribution in [1.29, 1.82) is 0 Å². The molecule has 0 fully saturated rings. The number of sulfonamides is 2.